The summed E-state index contributed by atoms with van der Waals surface area (Å²) in [5.41, 5.74) is 3.26. The topological polar surface area (TPSA) is 42.7 Å². The van der Waals surface area contributed by atoms with Crippen LogP contribution in [0.3, 0.4) is 0 Å². The van der Waals surface area contributed by atoms with Gasteiger partial charge in [-0.25, -0.2) is 0 Å². The van der Waals surface area contributed by atoms with E-state index in [4.69, 9.17) is 11.6 Å². The molecule has 0 aliphatic heterocycles. The second-order valence-electron chi connectivity index (χ2n) is 4.40. The van der Waals surface area contributed by atoms with Crippen molar-refractivity contribution in [1.82, 2.24) is 14.8 Å². The number of hydrogen-bond acceptors (Lipinski definition) is 3. The Morgan fingerprint density at radius 1 is 1.00 bits per heavy atom. The maximum absolute atomic E-state index is 5.87. The van der Waals surface area contributed by atoms with Crippen molar-refractivity contribution >= 4 is 17.3 Å². The van der Waals surface area contributed by atoms with Crippen LogP contribution in [0.4, 0.5) is 5.69 Å². The standard InChI is InChI=1S/C15H13ClN4/c16-13-6-4-12(5-7-13)9-17-14-2-1-3-15(8-14)20-10-18-19-11-20/h1-8,10-11,17H,9H2. The van der Waals surface area contributed by atoms with Crippen LogP contribution in [0.15, 0.2) is 61.2 Å². The molecule has 0 aliphatic rings. The van der Waals surface area contributed by atoms with Crippen molar-refractivity contribution in [2.75, 3.05) is 5.32 Å². The zero-order valence-corrected chi connectivity index (χ0v) is 11.5. The fourth-order valence-corrected chi connectivity index (χ4v) is 2.04. The molecule has 0 atom stereocenters. The van der Waals surface area contributed by atoms with E-state index in [-0.39, 0.29) is 0 Å². The predicted molar refractivity (Wildman–Crippen MR) is 80.1 cm³/mol. The van der Waals surface area contributed by atoms with Gasteiger partial charge in [-0.15, -0.1) is 10.2 Å². The number of nitrogens with one attached hydrogen (secondary N) is 1. The molecule has 2 aromatic carbocycles. The minimum atomic E-state index is 0.753. The third-order valence-electron chi connectivity index (χ3n) is 2.97. The third kappa shape index (κ3) is 2.97. The number of nitrogens with zero attached hydrogens (tertiary/aromatic N) is 3. The third-order valence-corrected chi connectivity index (χ3v) is 3.22. The summed E-state index contributed by atoms with van der Waals surface area (Å²) in [5.74, 6) is 0. The van der Waals surface area contributed by atoms with E-state index in [0.29, 0.717) is 0 Å². The SMILES string of the molecule is Clc1ccc(CNc2cccc(-n3cnnc3)c2)cc1. The lowest BCUT2D eigenvalue weighted by atomic mass is 10.2. The zero-order chi connectivity index (χ0) is 13.8. The highest BCUT2D eigenvalue weighted by Gasteiger charge is 1.99. The summed E-state index contributed by atoms with van der Waals surface area (Å²) >= 11 is 5.87. The van der Waals surface area contributed by atoms with Crippen LogP contribution in [-0.4, -0.2) is 14.8 Å². The van der Waals surface area contributed by atoms with Crippen molar-refractivity contribution in [3.8, 4) is 5.69 Å². The van der Waals surface area contributed by atoms with Crippen LogP contribution in [0, 0.1) is 0 Å². The summed E-state index contributed by atoms with van der Waals surface area (Å²) in [6.45, 7) is 0.753. The van der Waals surface area contributed by atoms with Crippen molar-refractivity contribution in [1.29, 1.82) is 0 Å². The minimum absolute atomic E-state index is 0.753. The van der Waals surface area contributed by atoms with Gasteiger partial charge in [0, 0.05) is 17.3 Å². The molecule has 0 amide bonds. The highest BCUT2D eigenvalue weighted by molar-refractivity contribution is 6.30. The summed E-state index contributed by atoms with van der Waals surface area (Å²) in [7, 11) is 0. The second-order valence-corrected chi connectivity index (χ2v) is 4.84. The average molecular weight is 285 g/mol. The fraction of sp³-hybridized carbons (Fsp3) is 0.0667. The Morgan fingerprint density at radius 3 is 2.50 bits per heavy atom. The summed E-state index contributed by atoms with van der Waals surface area (Å²) in [4.78, 5) is 0. The predicted octanol–water partition coefficient (Wildman–Crippen LogP) is 3.53. The van der Waals surface area contributed by atoms with Gasteiger partial charge in [0.25, 0.3) is 0 Å². The lowest BCUT2D eigenvalue weighted by Gasteiger charge is -2.09. The molecule has 3 rings (SSSR count). The Morgan fingerprint density at radius 2 is 1.75 bits per heavy atom. The zero-order valence-electron chi connectivity index (χ0n) is 10.7. The summed E-state index contributed by atoms with van der Waals surface area (Å²) in [6.07, 6.45) is 3.36. The van der Waals surface area contributed by atoms with E-state index in [9.17, 15) is 0 Å². The monoisotopic (exact) mass is 284 g/mol. The van der Waals surface area contributed by atoms with E-state index in [1.807, 2.05) is 47.0 Å². The number of rotatable bonds is 4. The smallest absolute Gasteiger partial charge is 0.123 e. The van der Waals surface area contributed by atoms with Crippen LogP contribution >= 0.6 is 11.6 Å². The summed E-state index contributed by atoms with van der Waals surface area (Å²) < 4.78 is 1.87. The molecule has 1 heterocycles. The molecule has 100 valence electrons. The molecule has 0 spiro atoms. The maximum atomic E-state index is 5.87. The van der Waals surface area contributed by atoms with E-state index < -0.39 is 0 Å². The van der Waals surface area contributed by atoms with Crippen molar-refractivity contribution in [3.63, 3.8) is 0 Å². The van der Waals surface area contributed by atoms with Gasteiger partial charge in [-0.1, -0.05) is 29.8 Å². The largest absolute Gasteiger partial charge is 0.381 e. The Balaban J connectivity index is 1.72. The van der Waals surface area contributed by atoms with Gasteiger partial charge in [0.15, 0.2) is 0 Å². The molecule has 0 saturated carbocycles. The van der Waals surface area contributed by atoms with Crippen LogP contribution < -0.4 is 5.32 Å². The van der Waals surface area contributed by atoms with Crippen LogP contribution in [0.5, 0.6) is 0 Å². The van der Waals surface area contributed by atoms with Crippen LogP contribution in [0.1, 0.15) is 5.56 Å². The van der Waals surface area contributed by atoms with Crippen LogP contribution in [0.2, 0.25) is 5.02 Å². The van der Waals surface area contributed by atoms with Gasteiger partial charge < -0.3 is 5.32 Å². The first-order valence-corrected chi connectivity index (χ1v) is 6.62. The highest BCUT2D eigenvalue weighted by Crippen LogP contribution is 2.16. The highest BCUT2D eigenvalue weighted by atomic mass is 35.5. The average Bonchev–Trinajstić information content (AvgIpc) is 3.01. The molecule has 5 heteroatoms. The molecule has 0 unspecified atom stereocenters. The van der Waals surface area contributed by atoms with E-state index in [0.717, 1.165) is 22.9 Å². The van der Waals surface area contributed by atoms with Gasteiger partial charge >= 0.3 is 0 Å². The summed E-state index contributed by atoms with van der Waals surface area (Å²) in [6, 6.07) is 15.9. The maximum Gasteiger partial charge on any atom is 0.123 e. The van der Waals surface area contributed by atoms with Crippen LogP contribution in [0.25, 0.3) is 5.69 Å². The number of aromatic nitrogens is 3. The van der Waals surface area contributed by atoms with Gasteiger partial charge in [0.2, 0.25) is 0 Å². The Labute approximate surface area is 122 Å². The molecule has 1 N–H and O–H groups in total. The lowest BCUT2D eigenvalue weighted by molar-refractivity contribution is 1.05. The van der Waals surface area contributed by atoms with E-state index in [2.05, 4.69) is 21.6 Å². The van der Waals surface area contributed by atoms with Gasteiger partial charge in [-0.05, 0) is 35.9 Å². The molecule has 0 aliphatic carbocycles. The first kappa shape index (κ1) is 12.7. The minimum Gasteiger partial charge on any atom is -0.381 e. The van der Waals surface area contributed by atoms with E-state index in [1.54, 1.807) is 12.7 Å². The number of hydrogen-bond donors (Lipinski definition) is 1. The van der Waals surface area contributed by atoms with Crippen molar-refractivity contribution in [3.05, 3.63) is 71.8 Å². The molecule has 20 heavy (non-hydrogen) atoms. The molecule has 4 nitrogen and oxygen atoms in total. The first-order valence-electron chi connectivity index (χ1n) is 6.25. The molecule has 0 bridgehead atoms. The molecule has 1 aromatic heterocycles. The van der Waals surface area contributed by atoms with Gasteiger partial charge in [0.05, 0.1) is 5.69 Å². The summed E-state index contributed by atoms with van der Waals surface area (Å²) in [5, 5.41) is 11.8. The van der Waals surface area contributed by atoms with Crippen molar-refractivity contribution in [2.24, 2.45) is 0 Å². The first-order chi connectivity index (χ1) is 9.81. The Kier molecular flexibility index (Phi) is 3.65. The normalized spacial score (nSPS) is 10.4. The Bertz CT molecular complexity index is 677. The number of halogens is 1. The van der Waals surface area contributed by atoms with Crippen molar-refractivity contribution in [2.45, 2.75) is 6.54 Å². The molecule has 0 fully saturated rings. The van der Waals surface area contributed by atoms with E-state index >= 15 is 0 Å². The number of benzene rings is 2. The van der Waals surface area contributed by atoms with Gasteiger partial charge in [-0.2, -0.15) is 0 Å². The molecular weight excluding hydrogens is 272 g/mol. The van der Waals surface area contributed by atoms with Crippen LogP contribution in [-0.2, 0) is 6.54 Å². The lowest BCUT2D eigenvalue weighted by Crippen LogP contribution is -2.00. The Hall–Kier alpha value is -2.33. The van der Waals surface area contributed by atoms with Crippen molar-refractivity contribution < 1.29 is 0 Å². The molecule has 3 aromatic rings. The van der Waals surface area contributed by atoms with Gasteiger partial charge in [0.1, 0.15) is 12.7 Å². The van der Waals surface area contributed by atoms with E-state index in [1.165, 1.54) is 5.56 Å². The molecule has 0 saturated heterocycles. The number of anilines is 1. The van der Waals surface area contributed by atoms with Gasteiger partial charge in [-0.3, -0.25) is 4.57 Å². The second kappa shape index (κ2) is 5.75. The molecular formula is C15H13ClN4. The quantitative estimate of drug-likeness (QED) is 0.797. The fourth-order valence-electron chi connectivity index (χ4n) is 1.92. The molecule has 0 radical (unpaired) electrons.